The number of para-hydroxylation sites is 1. The number of methoxy groups -OCH3 is 1. The van der Waals surface area contributed by atoms with Crippen molar-refractivity contribution in [2.45, 2.75) is 0 Å². The first-order valence-electron chi connectivity index (χ1n) is 9.22. The molecule has 0 atom stereocenters. The second-order valence-corrected chi connectivity index (χ2v) is 7.45. The van der Waals surface area contributed by atoms with E-state index in [1.165, 1.54) is 11.3 Å². The summed E-state index contributed by atoms with van der Waals surface area (Å²) in [6.45, 7) is 0. The first kappa shape index (κ1) is 18.9. The minimum absolute atomic E-state index is 0.321. The first-order chi connectivity index (χ1) is 14.2. The van der Waals surface area contributed by atoms with Gasteiger partial charge in [0.25, 0.3) is 5.91 Å². The van der Waals surface area contributed by atoms with Crippen molar-refractivity contribution in [2.75, 3.05) is 7.11 Å². The SMILES string of the molecule is COc1ccccc1C(=O)N=c1sc(-c2ccccc2)c(-c2ccccc2)n1C. The van der Waals surface area contributed by atoms with Crippen LogP contribution in [0.3, 0.4) is 0 Å². The van der Waals surface area contributed by atoms with E-state index in [1.807, 2.05) is 60.1 Å². The maximum Gasteiger partial charge on any atom is 0.283 e. The summed E-state index contributed by atoms with van der Waals surface area (Å²) < 4.78 is 7.30. The van der Waals surface area contributed by atoms with Crippen LogP contribution in [0.15, 0.2) is 89.9 Å². The van der Waals surface area contributed by atoms with Gasteiger partial charge in [-0.05, 0) is 23.3 Å². The molecule has 0 aliphatic carbocycles. The van der Waals surface area contributed by atoms with Gasteiger partial charge < -0.3 is 9.30 Å². The van der Waals surface area contributed by atoms with Crippen molar-refractivity contribution in [1.82, 2.24) is 4.57 Å². The lowest BCUT2D eigenvalue weighted by molar-refractivity contribution is 0.0995. The predicted octanol–water partition coefficient (Wildman–Crippen LogP) is 5.17. The van der Waals surface area contributed by atoms with Gasteiger partial charge in [0.05, 0.1) is 23.2 Å². The minimum atomic E-state index is -0.321. The molecule has 0 bridgehead atoms. The lowest BCUT2D eigenvalue weighted by Gasteiger charge is -2.07. The summed E-state index contributed by atoms with van der Waals surface area (Å²) in [5, 5.41) is 0. The van der Waals surface area contributed by atoms with E-state index >= 15 is 0 Å². The molecule has 0 N–H and O–H groups in total. The van der Waals surface area contributed by atoms with Crippen molar-refractivity contribution in [3.05, 3.63) is 95.3 Å². The molecule has 3 aromatic carbocycles. The van der Waals surface area contributed by atoms with Crippen LogP contribution in [0.4, 0.5) is 0 Å². The molecule has 0 saturated carbocycles. The van der Waals surface area contributed by atoms with Crippen LogP contribution in [0.1, 0.15) is 10.4 Å². The molecule has 144 valence electrons. The average molecular weight is 401 g/mol. The highest BCUT2D eigenvalue weighted by atomic mass is 32.1. The number of aromatic nitrogens is 1. The Balaban J connectivity index is 1.90. The van der Waals surface area contributed by atoms with Gasteiger partial charge in [0.1, 0.15) is 5.75 Å². The van der Waals surface area contributed by atoms with Gasteiger partial charge in [0, 0.05) is 7.05 Å². The Hall–Kier alpha value is -3.44. The molecule has 5 heteroatoms. The van der Waals surface area contributed by atoms with Gasteiger partial charge in [-0.3, -0.25) is 4.79 Å². The summed E-state index contributed by atoms with van der Waals surface area (Å²) in [6.07, 6.45) is 0. The zero-order valence-corrected chi connectivity index (χ0v) is 17.0. The molecule has 4 nitrogen and oxygen atoms in total. The Labute approximate surface area is 173 Å². The molecular formula is C24H20N2O2S. The molecule has 0 fully saturated rings. The maximum absolute atomic E-state index is 12.9. The molecule has 4 aromatic rings. The summed E-state index contributed by atoms with van der Waals surface area (Å²) in [5.41, 5.74) is 3.66. The zero-order valence-electron chi connectivity index (χ0n) is 16.2. The number of carbonyl (C=O) groups excluding carboxylic acids is 1. The number of hydrogen-bond donors (Lipinski definition) is 0. The fraction of sp³-hybridized carbons (Fsp3) is 0.0833. The van der Waals surface area contributed by atoms with Crippen LogP contribution in [0, 0.1) is 0 Å². The first-order valence-corrected chi connectivity index (χ1v) is 10.0. The van der Waals surface area contributed by atoms with E-state index in [4.69, 9.17) is 4.74 Å². The Morgan fingerprint density at radius 2 is 1.45 bits per heavy atom. The van der Waals surface area contributed by atoms with Crippen LogP contribution in [-0.2, 0) is 7.05 Å². The summed E-state index contributed by atoms with van der Waals surface area (Å²) >= 11 is 1.51. The van der Waals surface area contributed by atoms with E-state index in [-0.39, 0.29) is 5.91 Å². The fourth-order valence-corrected chi connectivity index (χ4v) is 4.37. The molecule has 29 heavy (non-hydrogen) atoms. The van der Waals surface area contributed by atoms with Crippen LogP contribution in [0.5, 0.6) is 5.75 Å². The minimum Gasteiger partial charge on any atom is -0.496 e. The number of thiazole rings is 1. The molecule has 0 aliphatic rings. The van der Waals surface area contributed by atoms with Gasteiger partial charge >= 0.3 is 0 Å². The zero-order chi connectivity index (χ0) is 20.2. The molecule has 0 aliphatic heterocycles. The molecule has 0 unspecified atom stereocenters. The van der Waals surface area contributed by atoms with Crippen molar-refractivity contribution < 1.29 is 9.53 Å². The van der Waals surface area contributed by atoms with Crippen molar-refractivity contribution in [3.63, 3.8) is 0 Å². The number of rotatable bonds is 4. The van der Waals surface area contributed by atoms with E-state index in [1.54, 1.807) is 19.2 Å². The Morgan fingerprint density at radius 3 is 2.10 bits per heavy atom. The van der Waals surface area contributed by atoms with E-state index in [0.717, 1.165) is 21.7 Å². The van der Waals surface area contributed by atoms with E-state index in [2.05, 4.69) is 29.3 Å². The predicted molar refractivity (Wildman–Crippen MR) is 117 cm³/mol. The molecule has 0 saturated heterocycles. The molecule has 1 heterocycles. The average Bonchev–Trinajstić information content (AvgIpc) is 3.10. The summed E-state index contributed by atoms with van der Waals surface area (Å²) in [4.78, 5) is 19.0. The second-order valence-electron chi connectivity index (χ2n) is 6.47. The van der Waals surface area contributed by atoms with Crippen LogP contribution < -0.4 is 9.54 Å². The van der Waals surface area contributed by atoms with Crippen molar-refractivity contribution in [2.24, 2.45) is 12.0 Å². The third-order valence-corrected chi connectivity index (χ3v) is 5.83. The smallest absolute Gasteiger partial charge is 0.283 e. The molecular weight excluding hydrogens is 380 g/mol. The normalized spacial score (nSPS) is 11.4. The highest BCUT2D eigenvalue weighted by molar-refractivity contribution is 7.13. The largest absolute Gasteiger partial charge is 0.496 e. The summed E-state index contributed by atoms with van der Waals surface area (Å²) in [7, 11) is 3.50. The number of amides is 1. The third-order valence-electron chi connectivity index (χ3n) is 4.65. The monoisotopic (exact) mass is 400 g/mol. The molecule has 1 aromatic heterocycles. The standard InChI is InChI=1S/C24H20N2O2S/c1-26-21(17-11-5-3-6-12-17)22(18-13-7-4-8-14-18)29-24(26)25-23(27)19-15-9-10-16-20(19)28-2/h3-16H,1-2H3. The van der Waals surface area contributed by atoms with Crippen molar-refractivity contribution in [1.29, 1.82) is 0 Å². The lowest BCUT2D eigenvalue weighted by Crippen LogP contribution is -2.14. The van der Waals surface area contributed by atoms with E-state index in [0.29, 0.717) is 16.1 Å². The van der Waals surface area contributed by atoms with Gasteiger partial charge in [-0.15, -0.1) is 0 Å². The number of nitrogens with zero attached hydrogens (tertiary/aromatic N) is 2. The van der Waals surface area contributed by atoms with Gasteiger partial charge in [-0.25, -0.2) is 0 Å². The van der Waals surface area contributed by atoms with Crippen molar-refractivity contribution in [3.8, 4) is 27.4 Å². The Morgan fingerprint density at radius 1 is 0.862 bits per heavy atom. The van der Waals surface area contributed by atoms with E-state index in [9.17, 15) is 4.79 Å². The van der Waals surface area contributed by atoms with E-state index < -0.39 is 0 Å². The number of hydrogen-bond acceptors (Lipinski definition) is 3. The quantitative estimate of drug-likeness (QED) is 0.474. The molecule has 0 spiro atoms. The molecule has 0 radical (unpaired) electrons. The lowest BCUT2D eigenvalue weighted by atomic mass is 10.1. The van der Waals surface area contributed by atoms with Crippen LogP contribution in [-0.4, -0.2) is 17.6 Å². The fourth-order valence-electron chi connectivity index (χ4n) is 3.23. The Kier molecular flexibility index (Phi) is 5.40. The van der Waals surface area contributed by atoms with Crippen LogP contribution in [0.25, 0.3) is 21.7 Å². The van der Waals surface area contributed by atoms with Gasteiger partial charge in [-0.1, -0.05) is 84.1 Å². The van der Waals surface area contributed by atoms with Gasteiger partial charge in [0.15, 0.2) is 4.80 Å². The third kappa shape index (κ3) is 3.77. The number of ether oxygens (including phenoxy) is 1. The van der Waals surface area contributed by atoms with Crippen LogP contribution >= 0.6 is 11.3 Å². The second kappa shape index (κ2) is 8.29. The summed E-state index contributed by atoms with van der Waals surface area (Å²) in [5.74, 6) is 0.200. The molecule has 1 amide bonds. The van der Waals surface area contributed by atoms with Crippen molar-refractivity contribution >= 4 is 17.2 Å². The maximum atomic E-state index is 12.9. The topological polar surface area (TPSA) is 43.6 Å². The highest BCUT2D eigenvalue weighted by Gasteiger charge is 2.17. The highest BCUT2D eigenvalue weighted by Crippen LogP contribution is 2.34. The number of carbonyl (C=O) groups is 1. The summed E-state index contributed by atoms with van der Waals surface area (Å²) in [6, 6.07) is 27.5. The van der Waals surface area contributed by atoms with Crippen LogP contribution in [0.2, 0.25) is 0 Å². The number of benzene rings is 3. The Bertz CT molecular complexity index is 1210. The van der Waals surface area contributed by atoms with Gasteiger partial charge in [0.2, 0.25) is 0 Å². The molecule has 4 rings (SSSR count). The van der Waals surface area contributed by atoms with Gasteiger partial charge in [-0.2, -0.15) is 4.99 Å².